The lowest BCUT2D eigenvalue weighted by atomic mass is 10.1. The largest absolute Gasteiger partial charge is 0.326 e. The molecule has 0 bridgehead atoms. The average molecular weight is 238 g/mol. The minimum absolute atomic E-state index is 0.100. The maximum Gasteiger partial charge on any atom is 0.241 e. The molecule has 0 spiro atoms. The first kappa shape index (κ1) is 12.9. The van der Waals surface area contributed by atoms with Gasteiger partial charge >= 0.3 is 0 Å². The van der Waals surface area contributed by atoms with Crippen LogP contribution in [0.1, 0.15) is 58.8 Å². The number of rotatable bonds is 7. The summed E-state index contributed by atoms with van der Waals surface area (Å²) in [5, 5.41) is 3.38. The van der Waals surface area contributed by atoms with E-state index in [1.54, 1.807) is 0 Å². The van der Waals surface area contributed by atoms with E-state index in [-0.39, 0.29) is 6.04 Å². The summed E-state index contributed by atoms with van der Waals surface area (Å²) in [6.07, 6.45) is 8.42. The van der Waals surface area contributed by atoms with E-state index >= 15 is 0 Å². The van der Waals surface area contributed by atoms with Gasteiger partial charge in [0.1, 0.15) is 0 Å². The average Bonchev–Trinajstić information content (AvgIpc) is 3.08. The van der Waals surface area contributed by atoms with Crippen LogP contribution in [0.3, 0.4) is 0 Å². The lowest BCUT2D eigenvalue weighted by Gasteiger charge is -2.26. The summed E-state index contributed by atoms with van der Waals surface area (Å²) in [5.41, 5.74) is 0. The Morgan fingerprint density at radius 3 is 2.76 bits per heavy atom. The van der Waals surface area contributed by atoms with Gasteiger partial charge in [0, 0.05) is 6.04 Å². The maximum atomic E-state index is 12.3. The van der Waals surface area contributed by atoms with Gasteiger partial charge in [0.15, 0.2) is 0 Å². The minimum Gasteiger partial charge on any atom is -0.326 e. The van der Waals surface area contributed by atoms with Crippen LogP contribution in [-0.2, 0) is 4.79 Å². The highest BCUT2D eigenvalue weighted by atomic mass is 16.2. The van der Waals surface area contributed by atoms with Crippen LogP contribution in [0.4, 0.5) is 0 Å². The molecule has 98 valence electrons. The van der Waals surface area contributed by atoms with Crippen molar-refractivity contribution in [1.29, 1.82) is 0 Å². The van der Waals surface area contributed by atoms with E-state index in [1.807, 2.05) is 0 Å². The quantitative estimate of drug-likeness (QED) is 0.739. The first-order valence-electron chi connectivity index (χ1n) is 7.30. The van der Waals surface area contributed by atoms with Crippen molar-refractivity contribution in [2.75, 3.05) is 6.67 Å². The van der Waals surface area contributed by atoms with Gasteiger partial charge < -0.3 is 4.90 Å². The molecule has 1 N–H and O–H groups in total. The maximum absolute atomic E-state index is 12.3. The first-order chi connectivity index (χ1) is 8.26. The van der Waals surface area contributed by atoms with Crippen molar-refractivity contribution < 1.29 is 4.79 Å². The fourth-order valence-electron chi connectivity index (χ4n) is 2.77. The molecule has 2 fully saturated rings. The van der Waals surface area contributed by atoms with E-state index in [2.05, 4.69) is 24.1 Å². The second-order valence-electron chi connectivity index (χ2n) is 5.61. The lowest BCUT2D eigenvalue weighted by molar-refractivity contribution is -0.131. The van der Waals surface area contributed by atoms with Gasteiger partial charge in [-0.3, -0.25) is 10.1 Å². The summed E-state index contributed by atoms with van der Waals surface area (Å²) < 4.78 is 0. The number of amides is 1. The summed E-state index contributed by atoms with van der Waals surface area (Å²) >= 11 is 0. The Kier molecular flexibility index (Phi) is 4.43. The van der Waals surface area contributed by atoms with Crippen LogP contribution in [0.15, 0.2) is 0 Å². The summed E-state index contributed by atoms with van der Waals surface area (Å²) in [6.45, 7) is 5.16. The molecular formula is C14H26N2O. The Labute approximate surface area is 105 Å². The topological polar surface area (TPSA) is 32.3 Å². The third-order valence-corrected chi connectivity index (χ3v) is 4.15. The lowest BCUT2D eigenvalue weighted by Crippen LogP contribution is -2.38. The van der Waals surface area contributed by atoms with Gasteiger partial charge in [0.2, 0.25) is 5.91 Å². The SMILES string of the molecule is CCCCC1NCN(C(CC)CC2CC2)C1=O. The third-order valence-electron chi connectivity index (χ3n) is 4.15. The second-order valence-corrected chi connectivity index (χ2v) is 5.61. The van der Waals surface area contributed by atoms with Crippen LogP contribution in [0, 0.1) is 5.92 Å². The molecule has 0 aromatic carbocycles. The highest BCUT2D eigenvalue weighted by Gasteiger charge is 2.36. The van der Waals surface area contributed by atoms with Gasteiger partial charge in [-0.15, -0.1) is 0 Å². The van der Waals surface area contributed by atoms with E-state index in [9.17, 15) is 4.79 Å². The predicted octanol–water partition coefficient (Wildman–Crippen LogP) is 2.51. The Morgan fingerprint density at radius 1 is 1.41 bits per heavy atom. The highest BCUT2D eigenvalue weighted by molar-refractivity contribution is 5.84. The van der Waals surface area contributed by atoms with Gasteiger partial charge in [-0.05, 0) is 25.2 Å². The van der Waals surface area contributed by atoms with Gasteiger partial charge in [0.25, 0.3) is 0 Å². The van der Waals surface area contributed by atoms with Gasteiger partial charge in [-0.1, -0.05) is 39.5 Å². The highest BCUT2D eigenvalue weighted by Crippen LogP contribution is 2.35. The summed E-state index contributed by atoms with van der Waals surface area (Å²) in [7, 11) is 0. The number of hydrogen-bond acceptors (Lipinski definition) is 2. The molecule has 1 saturated carbocycles. The van der Waals surface area contributed by atoms with Crippen molar-refractivity contribution in [3.63, 3.8) is 0 Å². The van der Waals surface area contributed by atoms with Crippen molar-refractivity contribution in [2.45, 2.75) is 70.9 Å². The molecular weight excluding hydrogens is 212 g/mol. The molecule has 3 nitrogen and oxygen atoms in total. The third kappa shape index (κ3) is 3.21. The van der Waals surface area contributed by atoms with Crippen LogP contribution in [0.5, 0.6) is 0 Å². The van der Waals surface area contributed by atoms with Crippen LogP contribution >= 0.6 is 0 Å². The number of hydrogen-bond donors (Lipinski definition) is 1. The van der Waals surface area contributed by atoms with Crippen LogP contribution in [0.2, 0.25) is 0 Å². The van der Waals surface area contributed by atoms with E-state index in [4.69, 9.17) is 0 Å². The molecule has 1 aliphatic carbocycles. The number of carbonyl (C=O) groups excluding carboxylic acids is 1. The van der Waals surface area contributed by atoms with E-state index in [1.165, 1.54) is 25.7 Å². The smallest absolute Gasteiger partial charge is 0.241 e. The van der Waals surface area contributed by atoms with Crippen LogP contribution < -0.4 is 5.32 Å². The fraction of sp³-hybridized carbons (Fsp3) is 0.929. The van der Waals surface area contributed by atoms with Gasteiger partial charge in [-0.2, -0.15) is 0 Å². The number of unbranched alkanes of at least 4 members (excludes halogenated alkanes) is 1. The van der Waals surface area contributed by atoms with Gasteiger partial charge in [-0.25, -0.2) is 0 Å². The molecule has 2 unspecified atom stereocenters. The van der Waals surface area contributed by atoms with Crippen LogP contribution in [-0.4, -0.2) is 29.6 Å². The van der Waals surface area contributed by atoms with E-state index in [0.29, 0.717) is 11.9 Å². The first-order valence-corrected chi connectivity index (χ1v) is 7.30. The summed E-state index contributed by atoms with van der Waals surface area (Å²) in [6, 6.07) is 0.581. The Morgan fingerprint density at radius 2 is 2.18 bits per heavy atom. The minimum atomic E-state index is 0.100. The Balaban J connectivity index is 1.85. The van der Waals surface area contributed by atoms with Crippen LogP contribution in [0.25, 0.3) is 0 Å². The second kappa shape index (κ2) is 5.85. The molecule has 1 saturated heterocycles. The molecule has 0 aromatic heterocycles. The van der Waals surface area contributed by atoms with Crippen molar-refractivity contribution in [2.24, 2.45) is 5.92 Å². The molecule has 3 heteroatoms. The molecule has 1 heterocycles. The molecule has 2 rings (SSSR count). The molecule has 0 aromatic rings. The number of nitrogens with one attached hydrogen (secondary N) is 1. The molecule has 2 atom stereocenters. The predicted molar refractivity (Wildman–Crippen MR) is 69.6 cm³/mol. The zero-order valence-corrected chi connectivity index (χ0v) is 11.2. The zero-order chi connectivity index (χ0) is 12.3. The van der Waals surface area contributed by atoms with Gasteiger partial charge in [0.05, 0.1) is 12.7 Å². The number of carbonyl (C=O) groups is 1. The molecule has 1 amide bonds. The van der Waals surface area contributed by atoms with E-state index < -0.39 is 0 Å². The van der Waals surface area contributed by atoms with Crippen molar-refractivity contribution in [3.05, 3.63) is 0 Å². The Hall–Kier alpha value is -0.570. The van der Waals surface area contributed by atoms with Crippen molar-refractivity contribution >= 4 is 5.91 Å². The molecule has 17 heavy (non-hydrogen) atoms. The number of nitrogens with zero attached hydrogens (tertiary/aromatic N) is 1. The fourth-order valence-corrected chi connectivity index (χ4v) is 2.77. The summed E-state index contributed by atoms with van der Waals surface area (Å²) in [5.74, 6) is 1.26. The molecule has 2 aliphatic rings. The molecule has 0 radical (unpaired) electrons. The standard InChI is InChI=1S/C14H26N2O/c1-3-5-6-13-14(17)16(10-15-13)12(4-2)9-11-7-8-11/h11-13,15H,3-10H2,1-2H3. The van der Waals surface area contributed by atoms with Crippen molar-refractivity contribution in [3.8, 4) is 0 Å². The van der Waals surface area contributed by atoms with Crippen molar-refractivity contribution in [1.82, 2.24) is 10.2 Å². The summed E-state index contributed by atoms with van der Waals surface area (Å²) in [4.78, 5) is 14.4. The monoisotopic (exact) mass is 238 g/mol. The molecule has 1 aliphatic heterocycles. The Bertz CT molecular complexity index is 263. The normalized spacial score (nSPS) is 26.6. The zero-order valence-electron chi connectivity index (χ0n) is 11.2. The van der Waals surface area contributed by atoms with E-state index in [0.717, 1.165) is 31.8 Å².